The number of hydrogen-bond donors (Lipinski definition) is 0. The number of rotatable bonds is 7. The van der Waals surface area contributed by atoms with Crippen molar-refractivity contribution in [1.82, 2.24) is 28.6 Å². The minimum atomic E-state index is -0.478. The first-order chi connectivity index (χ1) is 16.1. The number of imidazole rings is 1. The number of aryl methyl sites for hydroxylation is 3. The van der Waals surface area contributed by atoms with Gasteiger partial charge in [0.15, 0.2) is 16.3 Å². The fraction of sp³-hybridized carbons (Fsp3) is 0.435. The Hall–Kier alpha value is -3.31. The van der Waals surface area contributed by atoms with E-state index in [9.17, 15) is 14.4 Å². The predicted molar refractivity (Wildman–Crippen MR) is 135 cm³/mol. The van der Waals surface area contributed by atoms with E-state index in [1.54, 1.807) is 11.9 Å². The van der Waals surface area contributed by atoms with E-state index in [-0.39, 0.29) is 23.6 Å². The first kappa shape index (κ1) is 23.8. The number of thiazole rings is 1. The van der Waals surface area contributed by atoms with E-state index >= 15 is 0 Å². The molecule has 10 nitrogen and oxygen atoms in total. The average Bonchev–Trinajstić information content (AvgIpc) is 3.38. The maximum atomic E-state index is 13.6. The number of carbonyl (C=O) groups is 1. The van der Waals surface area contributed by atoms with Gasteiger partial charge >= 0.3 is 5.69 Å². The van der Waals surface area contributed by atoms with E-state index in [2.05, 4.69) is 16.0 Å². The normalized spacial score (nSPS) is 11.7. The summed E-state index contributed by atoms with van der Waals surface area (Å²) >= 11 is 1.50. The highest BCUT2D eigenvalue weighted by Gasteiger charge is 2.23. The molecule has 0 saturated heterocycles. The van der Waals surface area contributed by atoms with Crippen LogP contribution >= 0.6 is 11.3 Å². The molecule has 1 amide bonds. The van der Waals surface area contributed by atoms with Crippen molar-refractivity contribution in [3.8, 4) is 0 Å². The third kappa shape index (κ3) is 4.28. The zero-order valence-electron chi connectivity index (χ0n) is 20.3. The van der Waals surface area contributed by atoms with Crippen molar-refractivity contribution in [2.45, 2.75) is 26.8 Å². The van der Waals surface area contributed by atoms with Gasteiger partial charge in [-0.05, 0) is 58.1 Å². The second-order valence-corrected chi connectivity index (χ2v) is 9.86. The van der Waals surface area contributed by atoms with E-state index in [4.69, 9.17) is 4.98 Å². The van der Waals surface area contributed by atoms with Crippen LogP contribution < -0.4 is 16.1 Å². The molecule has 0 unspecified atom stereocenters. The van der Waals surface area contributed by atoms with Crippen molar-refractivity contribution in [1.29, 1.82) is 0 Å². The van der Waals surface area contributed by atoms with Crippen molar-refractivity contribution in [2.24, 2.45) is 14.1 Å². The molecule has 0 radical (unpaired) electrons. The molecule has 180 valence electrons. The Kier molecular flexibility index (Phi) is 6.41. The van der Waals surface area contributed by atoms with Crippen LogP contribution in [0.2, 0.25) is 0 Å². The van der Waals surface area contributed by atoms with Crippen LogP contribution in [0.15, 0.2) is 28.0 Å². The van der Waals surface area contributed by atoms with Gasteiger partial charge in [-0.1, -0.05) is 17.4 Å². The number of benzene rings is 1. The predicted octanol–water partition coefficient (Wildman–Crippen LogP) is 1.65. The van der Waals surface area contributed by atoms with Crippen LogP contribution in [0.5, 0.6) is 0 Å². The summed E-state index contributed by atoms with van der Waals surface area (Å²) in [6.07, 6.45) is 2.21. The molecule has 0 bridgehead atoms. The summed E-state index contributed by atoms with van der Waals surface area (Å²) in [7, 11) is 6.96. The van der Waals surface area contributed by atoms with Crippen molar-refractivity contribution in [2.75, 3.05) is 32.1 Å². The Labute approximate surface area is 200 Å². The second kappa shape index (κ2) is 9.15. The monoisotopic (exact) mass is 483 g/mol. The average molecular weight is 484 g/mol. The van der Waals surface area contributed by atoms with Gasteiger partial charge < -0.3 is 9.47 Å². The molecule has 0 N–H and O–H groups in total. The number of aromatic nitrogens is 5. The maximum Gasteiger partial charge on any atom is 0.332 e. The zero-order valence-corrected chi connectivity index (χ0v) is 21.1. The lowest BCUT2D eigenvalue weighted by molar-refractivity contribution is -0.119. The highest BCUT2D eigenvalue weighted by molar-refractivity contribution is 7.22. The number of amides is 1. The van der Waals surface area contributed by atoms with E-state index in [1.165, 1.54) is 33.8 Å². The molecule has 0 fully saturated rings. The Balaban J connectivity index is 1.73. The number of fused-ring (bicyclic) bond motifs is 2. The molecular weight excluding hydrogens is 454 g/mol. The first-order valence-electron chi connectivity index (χ1n) is 11.0. The van der Waals surface area contributed by atoms with E-state index in [1.807, 2.05) is 34.0 Å². The molecule has 4 aromatic rings. The summed E-state index contributed by atoms with van der Waals surface area (Å²) < 4.78 is 4.91. The van der Waals surface area contributed by atoms with E-state index in [0.717, 1.165) is 38.9 Å². The SMILES string of the molecule is Cc1cc(C)c2sc(N(CCCN(C)C)C(=O)Cn3cnc4c3c(=O)n(C)c(=O)n4C)nc2c1. The van der Waals surface area contributed by atoms with Gasteiger partial charge in [-0.15, -0.1) is 0 Å². The largest absolute Gasteiger partial charge is 0.332 e. The summed E-state index contributed by atoms with van der Waals surface area (Å²) in [4.78, 5) is 51.3. The molecule has 3 heterocycles. The van der Waals surface area contributed by atoms with Crippen LogP contribution in [-0.4, -0.2) is 61.7 Å². The quantitative estimate of drug-likeness (QED) is 0.396. The molecule has 3 aromatic heterocycles. The lowest BCUT2D eigenvalue weighted by Gasteiger charge is -2.21. The highest BCUT2D eigenvalue weighted by atomic mass is 32.1. The van der Waals surface area contributed by atoms with E-state index < -0.39 is 11.2 Å². The van der Waals surface area contributed by atoms with Crippen molar-refractivity contribution in [3.63, 3.8) is 0 Å². The molecule has 0 atom stereocenters. The minimum absolute atomic E-state index is 0.0835. The van der Waals surface area contributed by atoms with Crippen LogP contribution in [0.1, 0.15) is 17.5 Å². The molecule has 4 rings (SSSR count). The molecule has 1 aromatic carbocycles. The number of anilines is 1. The van der Waals surface area contributed by atoms with Crippen LogP contribution in [0.4, 0.5) is 5.13 Å². The Bertz CT molecular complexity index is 1510. The molecule has 0 aliphatic heterocycles. The highest BCUT2D eigenvalue weighted by Crippen LogP contribution is 2.32. The fourth-order valence-electron chi connectivity index (χ4n) is 4.10. The number of nitrogens with zero attached hydrogens (tertiary/aromatic N) is 7. The summed E-state index contributed by atoms with van der Waals surface area (Å²) in [5, 5.41) is 0.636. The second-order valence-electron chi connectivity index (χ2n) is 8.88. The summed E-state index contributed by atoms with van der Waals surface area (Å²) in [6.45, 7) is 5.32. The van der Waals surface area contributed by atoms with Gasteiger partial charge in [0.05, 0.1) is 16.5 Å². The molecule has 0 aliphatic rings. The van der Waals surface area contributed by atoms with Crippen LogP contribution in [-0.2, 0) is 25.4 Å². The maximum absolute atomic E-state index is 13.6. The van der Waals surface area contributed by atoms with Gasteiger partial charge in [-0.3, -0.25) is 23.6 Å². The Morgan fingerprint density at radius 3 is 2.53 bits per heavy atom. The zero-order chi connectivity index (χ0) is 24.7. The van der Waals surface area contributed by atoms with Gasteiger partial charge in [0.2, 0.25) is 5.91 Å². The third-order valence-electron chi connectivity index (χ3n) is 5.85. The third-order valence-corrected chi connectivity index (χ3v) is 7.08. The molecule has 0 spiro atoms. The molecular formula is C23H29N7O3S. The number of carbonyl (C=O) groups excluding carboxylic acids is 1. The van der Waals surface area contributed by atoms with Crippen molar-refractivity contribution < 1.29 is 4.79 Å². The molecule has 11 heteroatoms. The fourth-order valence-corrected chi connectivity index (χ4v) is 5.16. The Morgan fingerprint density at radius 2 is 1.82 bits per heavy atom. The van der Waals surface area contributed by atoms with Gasteiger partial charge in [-0.25, -0.2) is 14.8 Å². The molecule has 0 saturated carbocycles. The van der Waals surface area contributed by atoms with Crippen LogP contribution in [0, 0.1) is 13.8 Å². The first-order valence-corrected chi connectivity index (χ1v) is 11.8. The van der Waals surface area contributed by atoms with Crippen LogP contribution in [0.3, 0.4) is 0 Å². The lowest BCUT2D eigenvalue weighted by Crippen LogP contribution is -2.39. The van der Waals surface area contributed by atoms with Gasteiger partial charge in [0.25, 0.3) is 5.56 Å². The van der Waals surface area contributed by atoms with Gasteiger partial charge in [-0.2, -0.15) is 0 Å². The molecule has 0 aliphatic carbocycles. The lowest BCUT2D eigenvalue weighted by atomic mass is 10.1. The topological polar surface area (TPSA) is 98.3 Å². The van der Waals surface area contributed by atoms with Crippen molar-refractivity contribution >= 4 is 43.8 Å². The summed E-state index contributed by atoms with van der Waals surface area (Å²) in [5.74, 6) is -0.192. The summed E-state index contributed by atoms with van der Waals surface area (Å²) in [6, 6.07) is 4.14. The van der Waals surface area contributed by atoms with Gasteiger partial charge in [0.1, 0.15) is 6.54 Å². The van der Waals surface area contributed by atoms with Gasteiger partial charge in [0, 0.05) is 20.6 Å². The minimum Gasteiger partial charge on any atom is -0.315 e. The standard InChI is InChI=1S/C23H29N7O3S/c1-14-10-15(2)19-16(11-14)25-22(34-19)30(9-7-8-26(3)4)17(31)12-29-13-24-20-18(29)21(32)28(6)23(33)27(20)5/h10-11,13H,7-9,12H2,1-6H3. The van der Waals surface area contributed by atoms with Crippen molar-refractivity contribution in [3.05, 3.63) is 50.4 Å². The number of hydrogen-bond acceptors (Lipinski definition) is 7. The van der Waals surface area contributed by atoms with Crippen LogP contribution in [0.25, 0.3) is 21.4 Å². The smallest absolute Gasteiger partial charge is 0.315 e. The summed E-state index contributed by atoms with van der Waals surface area (Å²) in [5.41, 5.74) is 2.67. The van der Waals surface area contributed by atoms with E-state index in [0.29, 0.717) is 11.7 Å². The molecule has 34 heavy (non-hydrogen) atoms. The Morgan fingerprint density at radius 1 is 1.09 bits per heavy atom.